The van der Waals surface area contributed by atoms with Crippen LogP contribution in [-0.4, -0.2) is 17.3 Å². The maximum absolute atomic E-state index is 6.13. The van der Waals surface area contributed by atoms with E-state index in [0.717, 1.165) is 22.3 Å². The lowest BCUT2D eigenvalue weighted by Gasteiger charge is -2.17. The number of thioether (sulfide) groups is 1. The van der Waals surface area contributed by atoms with Crippen LogP contribution in [0.2, 0.25) is 5.02 Å². The Hall–Kier alpha value is -1.03. The van der Waals surface area contributed by atoms with E-state index in [1.165, 1.54) is 5.56 Å². The quantitative estimate of drug-likeness (QED) is 0.809. The summed E-state index contributed by atoms with van der Waals surface area (Å²) in [7, 11) is 0. The van der Waals surface area contributed by atoms with Gasteiger partial charge in [-0.15, -0.1) is 11.8 Å². The van der Waals surface area contributed by atoms with E-state index in [-0.39, 0.29) is 0 Å². The Kier molecular flexibility index (Phi) is 5.70. The molecule has 1 atom stereocenters. The molecule has 0 amide bonds. The van der Waals surface area contributed by atoms with Crippen molar-refractivity contribution in [1.29, 1.82) is 0 Å². The zero-order chi connectivity index (χ0) is 13.5. The maximum Gasteiger partial charge on any atom is 0.115 e. The van der Waals surface area contributed by atoms with Gasteiger partial charge in [0.25, 0.3) is 0 Å². The van der Waals surface area contributed by atoms with E-state index in [1.54, 1.807) is 18.0 Å². The highest BCUT2D eigenvalue weighted by atomic mass is 35.5. The second-order valence-corrected chi connectivity index (χ2v) is 5.54. The fourth-order valence-corrected chi connectivity index (χ4v) is 3.11. The predicted molar refractivity (Wildman–Crippen MR) is 82.8 cm³/mol. The van der Waals surface area contributed by atoms with Crippen molar-refractivity contribution in [3.8, 4) is 0 Å². The average Bonchev–Trinajstić information content (AvgIpc) is 2.46. The summed E-state index contributed by atoms with van der Waals surface area (Å²) in [5, 5.41) is 5.11. The first-order valence-corrected chi connectivity index (χ1v) is 7.69. The van der Waals surface area contributed by atoms with E-state index >= 15 is 0 Å². The van der Waals surface area contributed by atoms with Crippen molar-refractivity contribution in [1.82, 2.24) is 10.3 Å². The Balaban J connectivity index is 2.04. The lowest BCUT2D eigenvalue weighted by Crippen LogP contribution is -2.22. The molecule has 0 aliphatic rings. The van der Waals surface area contributed by atoms with Crippen LogP contribution < -0.4 is 5.32 Å². The van der Waals surface area contributed by atoms with E-state index < -0.39 is 0 Å². The summed E-state index contributed by atoms with van der Waals surface area (Å²) >= 11 is 7.81. The van der Waals surface area contributed by atoms with Gasteiger partial charge < -0.3 is 5.32 Å². The summed E-state index contributed by atoms with van der Waals surface area (Å²) in [4.78, 5) is 4.31. The Labute approximate surface area is 123 Å². The smallest absolute Gasteiger partial charge is 0.115 e. The molecule has 1 aromatic heterocycles. The van der Waals surface area contributed by atoms with Crippen LogP contribution in [0.5, 0.6) is 0 Å². The second-order valence-electron chi connectivity index (χ2n) is 4.12. The van der Waals surface area contributed by atoms with Gasteiger partial charge in [0, 0.05) is 18.0 Å². The normalized spacial score (nSPS) is 12.3. The van der Waals surface area contributed by atoms with Crippen molar-refractivity contribution in [2.24, 2.45) is 0 Å². The van der Waals surface area contributed by atoms with E-state index in [1.807, 2.05) is 18.2 Å². The lowest BCUT2D eigenvalue weighted by atomic mass is 10.1. The van der Waals surface area contributed by atoms with Crippen LogP contribution in [0.15, 0.2) is 53.7 Å². The van der Waals surface area contributed by atoms with Crippen molar-refractivity contribution in [2.45, 2.75) is 18.0 Å². The highest BCUT2D eigenvalue weighted by Crippen LogP contribution is 2.28. The van der Waals surface area contributed by atoms with Gasteiger partial charge in [0.2, 0.25) is 0 Å². The number of rotatable bonds is 6. The first-order chi connectivity index (χ1) is 9.31. The van der Waals surface area contributed by atoms with E-state index in [9.17, 15) is 0 Å². The summed E-state index contributed by atoms with van der Waals surface area (Å²) in [6.45, 7) is 3.06. The van der Waals surface area contributed by atoms with Crippen molar-refractivity contribution in [3.63, 3.8) is 0 Å². The minimum Gasteiger partial charge on any atom is -0.309 e. The highest BCUT2D eigenvalue weighted by molar-refractivity contribution is 7.99. The Bertz CT molecular complexity index is 505. The van der Waals surface area contributed by atoms with E-state index in [0.29, 0.717) is 6.04 Å². The molecule has 1 N–H and O–H groups in total. The van der Waals surface area contributed by atoms with Gasteiger partial charge in [-0.3, -0.25) is 0 Å². The van der Waals surface area contributed by atoms with Crippen LogP contribution in [0.3, 0.4) is 0 Å². The molecule has 0 fully saturated rings. The molecule has 2 aromatic rings. The Morgan fingerprint density at radius 2 is 2.00 bits per heavy atom. The Morgan fingerprint density at radius 3 is 2.68 bits per heavy atom. The minimum atomic E-state index is 0.314. The van der Waals surface area contributed by atoms with Crippen LogP contribution in [-0.2, 0) is 0 Å². The summed E-state index contributed by atoms with van der Waals surface area (Å²) < 4.78 is 0. The molecule has 0 aliphatic carbocycles. The molecule has 0 saturated heterocycles. The summed E-state index contributed by atoms with van der Waals surface area (Å²) in [5.74, 6) is 0.911. The van der Waals surface area contributed by atoms with E-state index in [2.05, 4.69) is 41.5 Å². The van der Waals surface area contributed by atoms with Gasteiger partial charge in [-0.25, -0.2) is 4.98 Å². The van der Waals surface area contributed by atoms with Crippen LogP contribution in [0, 0.1) is 0 Å². The molecule has 100 valence electrons. The monoisotopic (exact) mass is 292 g/mol. The summed E-state index contributed by atoms with van der Waals surface area (Å²) in [6, 6.07) is 14.5. The fourth-order valence-electron chi connectivity index (χ4n) is 1.84. The lowest BCUT2D eigenvalue weighted by molar-refractivity contribution is 0.606. The molecule has 0 radical (unpaired) electrons. The van der Waals surface area contributed by atoms with Gasteiger partial charge >= 0.3 is 0 Å². The molecule has 1 aromatic carbocycles. The summed E-state index contributed by atoms with van der Waals surface area (Å²) in [6.07, 6.45) is 1.78. The zero-order valence-corrected chi connectivity index (χ0v) is 12.4. The topological polar surface area (TPSA) is 24.9 Å². The molecule has 1 heterocycles. The van der Waals surface area contributed by atoms with Crippen molar-refractivity contribution < 1.29 is 0 Å². The number of halogens is 1. The number of benzene rings is 1. The van der Waals surface area contributed by atoms with Crippen LogP contribution >= 0.6 is 23.4 Å². The number of pyridine rings is 1. The molecule has 1 unspecified atom stereocenters. The molecule has 19 heavy (non-hydrogen) atoms. The average molecular weight is 293 g/mol. The largest absolute Gasteiger partial charge is 0.309 e. The van der Waals surface area contributed by atoms with Gasteiger partial charge in [0.05, 0.1) is 5.02 Å². The number of nitrogens with one attached hydrogen (secondary N) is 1. The first-order valence-electron chi connectivity index (χ1n) is 6.33. The van der Waals surface area contributed by atoms with Crippen LogP contribution in [0.4, 0.5) is 0 Å². The minimum absolute atomic E-state index is 0.314. The fraction of sp³-hybridized carbons (Fsp3) is 0.267. The highest BCUT2D eigenvalue weighted by Gasteiger charge is 2.11. The molecule has 0 aliphatic heterocycles. The van der Waals surface area contributed by atoms with Gasteiger partial charge in [0.1, 0.15) is 5.03 Å². The molecule has 0 saturated carbocycles. The number of hydrogen-bond donors (Lipinski definition) is 1. The predicted octanol–water partition coefficient (Wildman–Crippen LogP) is 4.18. The molecule has 0 spiro atoms. The summed E-state index contributed by atoms with van der Waals surface area (Å²) in [5.41, 5.74) is 1.30. The van der Waals surface area contributed by atoms with E-state index in [4.69, 9.17) is 11.6 Å². The Morgan fingerprint density at radius 1 is 1.21 bits per heavy atom. The van der Waals surface area contributed by atoms with Crippen molar-refractivity contribution >= 4 is 23.4 Å². The molecule has 2 nitrogen and oxygen atoms in total. The number of aromatic nitrogens is 1. The first kappa shape index (κ1) is 14.4. The third kappa shape index (κ3) is 4.23. The second kappa shape index (κ2) is 7.53. The van der Waals surface area contributed by atoms with Crippen LogP contribution in [0.25, 0.3) is 0 Å². The van der Waals surface area contributed by atoms with Crippen molar-refractivity contribution in [3.05, 3.63) is 59.2 Å². The zero-order valence-electron chi connectivity index (χ0n) is 10.8. The number of hydrogen-bond acceptors (Lipinski definition) is 3. The van der Waals surface area contributed by atoms with Crippen molar-refractivity contribution in [2.75, 3.05) is 12.3 Å². The maximum atomic E-state index is 6.13. The van der Waals surface area contributed by atoms with Gasteiger partial charge in [-0.1, -0.05) is 48.9 Å². The molecular formula is C15H17ClN2S. The SMILES string of the molecule is CCNC(CSc1ncccc1Cl)c1ccccc1. The van der Waals surface area contributed by atoms with Gasteiger partial charge in [0.15, 0.2) is 0 Å². The van der Waals surface area contributed by atoms with Crippen LogP contribution in [0.1, 0.15) is 18.5 Å². The molecule has 0 bridgehead atoms. The molecular weight excluding hydrogens is 276 g/mol. The molecule has 2 rings (SSSR count). The van der Waals surface area contributed by atoms with Gasteiger partial charge in [-0.05, 0) is 24.2 Å². The van der Waals surface area contributed by atoms with Gasteiger partial charge in [-0.2, -0.15) is 0 Å². The number of nitrogens with zero attached hydrogens (tertiary/aromatic N) is 1. The standard InChI is InChI=1S/C15H17ClN2S/c1-2-17-14(12-7-4-3-5-8-12)11-19-15-13(16)9-6-10-18-15/h3-10,14,17H,2,11H2,1H3. The third-order valence-electron chi connectivity index (χ3n) is 2.76. The molecule has 4 heteroatoms. The third-order valence-corrected chi connectivity index (χ3v) is 4.28.